The second kappa shape index (κ2) is 16.0. The maximum absolute atomic E-state index is 13.7. The van der Waals surface area contributed by atoms with Gasteiger partial charge in [-0.15, -0.1) is 0 Å². The van der Waals surface area contributed by atoms with E-state index < -0.39 is 24.0 Å². The molecule has 1 unspecified atom stereocenters. The van der Waals surface area contributed by atoms with Gasteiger partial charge in [-0.2, -0.15) is 0 Å². The minimum absolute atomic E-state index is 0.0768. The summed E-state index contributed by atoms with van der Waals surface area (Å²) < 4.78 is 18.5. The smallest absolute Gasteiger partial charge is 0.326 e. The highest BCUT2D eigenvalue weighted by Gasteiger charge is 2.37. The first-order valence-corrected chi connectivity index (χ1v) is 18.6. The van der Waals surface area contributed by atoms with Crippen LogP contribution in [-0.4, -0.2) is 51.5 Å². The number of aryl methyl sites for hydroxylation is 1. The van der Waals surface area contributed by atoms with Crippen LogP contribution in [0.2, 0.25) is 10.0 Å². The number of carboxylic acid groups (broad SMARTS) is 1. The van der Waals surface area contributed by atoms with Crippen molar-refractivity contribution in [2.75, 3.05) is 6.61 Å². The largest absolute Gasteiger partial charge is 0.489 e. The van der Waals surface area contributed by atoms with Crippen LogP contribution in [0, 0.1) is 13.8 Å². The van der Waals surface area contributed by atoms with Gasteiger partial charge in [0.2, 0.25) is 11.8 Å². The number of hydrogen-bond acceptors (Lipinski definition) is 7. The van der Waals surface area contributed by atoms with Gasteiger partial charge in [0.1, 0.15) is 31.0 Å². The molecule has 2 aliphatic rings. The quantitative estimate of drug-likeness (QED) is 0.147. The number of nitrogens with zero attached hydrogens (tertiary/aromatic N) is 2. The first kappa shape index (κ1) is 37.7. The Balaban J connectivity index is 1.00. The predicted molar refractivity (Wildman–Crippen MR) is 209 cm³/mol. The molecule has 4 aromatic carbocycles. The summed E-state index contributed by atoms with van der Waals surface area (Å²) in [4.78, 5) is 44.8. The topological polar surface area (TPSA) is 127 Å². The zero-order valence-electron chi connectivity index (χ0n) is 30.5. The van der Waals surface area contributed by atoms with Crippen molar-refractivity contribution in [2.45, 2.75) is 65.0 Å². The second-order valence-electron chi connectivity index (χ2n) is 13.8. The Morgan fingerprint density at radius 3 is 2.36 bits per heavy atom. The second-order valence-corrected chi connectivity index (χ2v) is 14.6. The van der Waals surface area contributed by atoms with Gasteiger partial charge >= 0.3 is 5.97 Å². The molecule has 0 saturated carbocycles. The van der Waals surface area contributed by atoms with Crippen molar-refractivity contribution in [3.8, 4) is 28.4 Å². The molecule has 0 saturated heterocycles. The van der Waals surface area contributed by atoms with Crippen molar-refractivity contribution in [2.24, 2.45) is 0 Å². The zero-order valence-corrected chi connectivity index (χ0v) is 32.0. The number of nitrogens with one attached hydrogen (secondary N) is 1. The summed E-state index contributed by atoms with van der Waals surface area (Å²) in [6.07, 6.45) is 1.65. The number of carbonyl (C=O) groups excluding carboxylic acids is 2. The van der Waals surface area contributed by atoms with E-state index in [1.807, 2.05) is 86.6 Å². The Morgan fingerprint density at radius 1 is 0.927 bits per heavy atom. The number of aliphatic carboxylic acids is 1. The fraction of sp³-hybridized carbons (Fsp3) is 0.256. The molecular formula is C43H39Cl2N3O7. The van der Waals surface area contributed by atoms with E-state index in [1.54, 1.807) is 18.3 Å². The van der Waals surface area contributed by atoms with Crippen LogP contribution in [0.5, 0.6) is 17.2 Å². The van der Waals surface area contributed by atoms with Crippen molar-refractivity contribution in [3.05, 3.63) is 140 Å². The molecule has 5 aromatic rings. The monoisotopic (exact) mass is 779 g/mol. The van der Waals surface area contributed by atoms with Crippen LogP contribution in [0.3, 0.4) is 0 Å². The number of amides is 2. The van der Waals surface area contributed by atoms with Gasteiger partial charge in [0.15, 0.2) is 17.6 Å². The normalized spacial score (nSPS) is 16.5. The number of carbonyl (C=O) groups is 3. The van der Waals surface area contributed by atoms with E-state index in [2.05, 4.69) is 10.3 Å². The number of fused-ring (bicyclic) bond motifs is 2. The number of hydrogen-bond donors (Lipinski definition) is 2. The molecule has 12 heteroatoms. The molecule has 0 bridgehead atoms. The number of aromatic nitrogens is 1. The molecule has 10 nitrogen and oxygen atoms in total. The van der Waals surface area contributed by atoms with Crippen LogP contribution >= 0.6 is 23.2 Å². The maximum Gasteiger partial charge on any atom is 0.326 e. The molecule has 282 valence electrons. The van der Waals surface area contributed by atoms with Crippen LogP contribution in [0.25, 0.3) is 11.1 Å². The van der Waals surface area contributed by atoms with Gasteiger partial charge in [0.05, 0.1) is 10.0 Å². The van der Waals surface area contributed by atoms with Gasteiger partial charge in [-0.05, 0) is 101 Å². The predicted octanol–water partition coefficient (Wildman–Crippen LogP) is 7.85. The third kappa shape index (κ3) is 8.40. The average Bonchev–Trinajstić information content (AvgIpc) is 3.18. The van der Waals surface area contributed by atoms with Crippen LogP contribution in [-0.2, 0) is 40.4 Å². The number of halogens is 2. The number of ether oxygens (including phenoxy) is 3. The maximum atomic E-state index is 13.7. The highest BCUT2D eigenvalue weighted by atomic mass is 35.5. The van der Waals surface area contributed by atoms with E-state index in [0.29, 0.717) is 33.9 Å². The van der Waals surface area contributed by atoms with E-state index in [1.165, 1.54) is 11.8 Å². The summed E-state index contributed by atoms with van der Waals surface area (Å²) >= 11 is 12.1. The lowest BCUT2D eigenvalue weighted by atomic mass is 9.92. The lowest BCUT2D eigenvalue weighted by Crippen LogP contribution is -2.55. The first-order valence-electron chi connectivity index (χ1n) is 17.9. The SMILES string of the molecule is CC(=O)N1Cc2cc3c(cc2C[C@H]1C(=O)NC(Cc1ccc(-c2ccnc(C)c2C)cc1)C(=O)O)OC[C@H](c1ccc(OCc2ccc(Cl)c(Cl)c2)cc1)O3. The van der Waals surface area contributed by atoms with Crippen molar-refractivity contribution in [1.82, 2.24) is 15.2 Å². The van der Waals surface area contributed by atoms with Gasteiger partial charge in [-0.25, -0.2) is 4.79 Å². The Labute approximate surface area is 329 Å². The summed E-state index contributed by atoms with van der Waals surface area (Å²) in [5, 5.41) is 13.8. The minimum Gasteiger partial charge on any atom is -0.489 e. The highest BCUT2D eigenvalue weighted by Crippen LogP contribution is 2.41. The van der Waals surface area contributed by atoms with E-state index in [9.17, 15) is 19.5 Å². The van der Waals surface area contributed by atoms with Crippen LogP contribution < -0.4 is 19.5 Å². The number of benzene rings is 4. The molecule has 0 fully saturated rings. The number of carboxylic acids is 1. The number of pyridine rings is 1. The highest BCUT2D eigenvalue weighted by molar-refractivity contribution is 6.42. The van der Waals surface area contributed by atoms with Crippen LogP contribution in [0.15, 0.2) is 91.1 Å². The molecule has 3 heterocycles. The standard InChI is InChI=1S/C43H39Cl2N3O7/c1-24-25(2)46-15-14-34(24)29-7-4-27(5-8-29)17-37(43(51)52)47-42(50)38-18-31-19-39-40(20-32(31)21-48(38)26(3)49)55-41(23-54-39)30-9-11-33(12-10-30)53-22-28-6-13-35(44)36(45)16-28/h4-16,19-20,37-38,41H,17-18,21-23H2,1-3H3,(H,47,50)(H,51,52)/t37?,38-,41+/m0/s1. The molecule has 2 amide bonds. The molecule has 2 N–H and O–H groups in total. The van der Waals surface area contributed by atoms with Gasteiger partial charge in [-0.3, -0.25) is 14.6 Å². The van der Waals surface area contributed by atoms with E-state index in [0.717, 1.165) is 50.2 Å². The Bertz CT molecular complexity index is 2260. The van der Waals surface area contributed by atoms with Crippen LogP contribution in [0.4, 0.5) is 0 Å². The molecular weight excluding hydrogens is 741 g/mol. The molecule has 55 heavy (non-hydrogen) atoms. The average molecular weight is 781 g/mol. The summed E-state index contributed by atoms with van der Waals surface area (Å²) in [6, 6.07) is 24.1. The van der Waals surface area contributed by atoms with Crippen molar-refractivity contribution in [3.63, 3.8) is 0 Å². The Morgan fingerprint density at radius 2 is 1.65 bits per heavy atom. The van der Waals surface area contributed by atoms with Gasteiger partial charge in [0.25, 0.3) is 0 Å². The lowest BCUT2D eigenvalue weighted by molar-refractivity contribution is -0.144. The summed E-state index contributed by atoms with van der Waals surface area (Å²) in [6.45, 7) is 6.13. The Kier molecular flexibility index (Phi) is 11.0. The molecule has 1 aromatic heterocycles. The van der Waals surface area contributed by atoms with Gasteiger partial charge < -0.3 is 29.5 Å². The van der Waals surface area contributed by atoms with Gasteiger partial charge in [0, 0.05) is 38.2 Å². The fourth-order valence-corrected chi connectivity index (χ4v) is 7.25. The summed E-state index contributed by atoms with van der Waals surface area (Å²) in [7, 11) is 0. The molecule has 0 spiro atoms. The third-order valence-corrected chi connectivity index (χ3v) is 10.9. The number of rotatable bonds is 10. The minimum atomic E-state index is -1.20. The van der Waals surface area contributed by atoms with Crippen molar-refractivity contribution in [1.29, 1.82) is 0 Å². The molecule has 0 radical (unpaired) electrons. The zero-order chi connectivity index (χ0) is 38.8. The molecule has 7 rings (SSSR count). The fourth-order valence-electron chi connectivity index (χ4n) is 6.93. The summed E-state index contributed by atoms with van der Waals surface area (Å²) in [5.41, 5.74) is 8.25. The molecule has 0 aliphatic carbocycles. The van der Waals surface area contributed by atoms with Crippen molar-refractivity contribution >= 4 is 41.0 Å². The third-order valence-electron chi connectivity index (χ3n) is 10.2. The van der Waals surface area contributed by atoms with E-state index in [4.69, 9.17) is 37.4 Å². The van der Waals surface area contributed by atoms with E-state index >= 15 is 0 Å². The van der Waals surface area contributed by atoms with Gasteiger partial charge in [-0.1, -0.05) is 65.7 Å². The first-order chi connectivity index (χ1) is 26.4. The molecule has 3 atom stereocenters. The van der Waals surface area contributed by atoms with Crippen molar-refractivity contribution < 1.29 is 33.7 Å². The lowest BCUT2D eigenvalue weighted by Gasteiger charge is -2.37. The van der Waals surface area contributed by atoms with E-state index in [-0.39, 0.29) is 38.0 Å². The summed E-state index contributed by atoms with van der Waals surface area (Å²) in [5.74, 6) is -0.248. The molecule has 2 aliphatic heterocycles. The van der Waals surface area contributed by atoms with Crippen LogP contribution in [0.1, 0.15) is 52.1 Å². The Hall–Kier alpha value is -5.58.